The molecule has 4 aromatic rings. The molecule has 0 unspecified atom stereocenters. The second-order valence-electron chi connectivity index (χ2n) is 6.45. The zero-order chi connectivity index (χ0) is 21.3. The molecule has 0 radical (unpaired) electrons. The normalized spacial score (nSPS) is 11.2. The van der Waals surface area contributed by atoms with Gasteiger partial charge in [0.2, 0.25) is 0 Å². The first-order valence-corrected chi connectivity index (χ1v) is 10.6. The first-order valence-electron chi connectivity index (χ1n) is 8.75. The fourth-order valence-corrected chi connectivity index (χ4v) is 4.37. The molecule has 0 amide bonds. The summed E-state index contributed by atoms with van der Waals surface area (Å²) >= 11 is 6.30. The molecule has 1 N–H and O–H groups in total. The van der Waals surface area contributed by atoms with Crippen LogP contribution in [0.3, 0.4) is 0 Å². The molecule has 30 heavy (non-hydrogen) atoms. The van der Waals surface area contributed by atoms with E-state index in [-0.39, 0.29) is 21.3 Å². The van der Waals surface area contributed by atoms with Gasteiger partial charge in [-0.3, -0.25) is 4.72 Å². The van der Waals surface area contributed by atoms with E-state index < -0.39 is 15.8 Å². The molecule has 0 fully saturated rings. The Kier molecular flexibility index (Phi) is 5.12. The monoisotopic (exact) mass is 437 g/mol. The van der Waals surface area contributed by atoms with Crippen LogP contribution in [0, 0.1) is 17.1 Å². The molecule has 1 aromatic heterocycles. The van der Waals surface area contributed by atoms with Crippen molar-refractivity contribution in [3.05, 3.63) is 89.3 Å². The number of halogens is 2. The van der Waals surface area contributed by atoms with Gasteiger partial charge in [-0.2, -0.15) is 5.26 Å². The Hall–Kier alpha value is -3.47. The summed E-state index contributed by atoms with van der Waals surface area (Å²) in [4.78, 5) is 4.07. The summed E-state index contributed by atoms with van der Waals surface area (Å²) < 4.78 is 41.6. The van der Waals surface area contributed by atoms with Gasteiger partial charge in [0.15, 0.2) is 11.5 Å². The van der Waals surface area contributed by atoms with E-state index in [2.05, 4.69) is 9.71 Å². The van der Waals surface area contributed by atoms with Crippen molar-refractivity contribution in [3.8, 4) is 17.3 Å². The molecule has 0 aliphatic rings. The highest BCUT2D eigenvalue weighted by atomic mass is 35.5. The average molecular weight is 438 g/mol. The van der Waals surface area contributed by atoms with E-state index in [1.165, 1.54) is 24.3 Å². The number of nitrogens with one attached hydrogen (secondary N) is 1. The molecule has 148 valence electrons. The molecule has 0 aliphatic heterocycles. The largest absolute Gasteiger partial charge is 0.280 e. The standard InChI is InChI=1S/C22H13ClFN3O2S/c23-19-12-16(6-8-18(19)21-10-9-20(24)22(13-25)26-21)27-30(28,29)17-7-5-14-3-1-2-4-15(14)11-17/h1-12,27H. The van der Waals surface area contributed by atoms with Crippen LogP contribution in [-0.4, -0.2) is 13.4 Å². The number of aromatic nitrogens is 1. The van der Waals surface area contributed by atoms with Crippen molar-refractivity contribution in [1.29, 1.82) is 5.26 Å². The fraction of sp³-hybridized carbons (Fsp3) is 0. The molecular weight excluding hydrogens is 425 g/mol. The van der Waals surface area contributed by atoms with E-state index in [4.69, 9.17) is 16.9 Å². The quantitative estimate of drug-likeness (QED) is 0.465. The van der Waals surface area contributed by atoms with Crippen molar-refractivity contribution in [3.63, 3.8) is 0 Å². The van der Waals surface area contributed by atoms with E-state index in [0.717, 1.165) is 16.8 Å². The molecule has 4 rings (SSSR count). The predicted molar refractivity (Wildman–Crippen MR) is 114 cm³/mol. The highest BCUT2D eigenvalue weighted by molar-refractivity contribution is 7.92. The molecule has 1 heterocycles. The van der Waals surface area contributed by atoms with E-state index >= 15 is 0 Å². The third-order valence-corrected chi connectivity index (χ3v) is 6.17. The molecule has 5 nitrogen and oxygen atoms in total. The van der Waals surface area contributed by atoms with Gasteiger partial charge in [-0.15, -0.1) is 0 Å². The van der Waals surface area contributed by atoms with Crippen LogP contribution >= 0.6 is 11.6 Å². The lowest BCUT2D eigenvalue weighted by Gasteiger charge is -2.11. The van der Waals surface area contributed by atoms with Gasteiger partial charge < -0.3 is 0 Å². The molecule has 8 heteroatoms. The number of pyridine rings is 1. The number of nitriles is 1. The maximum Gasteiger partial charge on any atom is 0.261 e. The topological polar surface area (TPSA) is 82.8 Å². The first kappa shape index (κ1) is 19.8. The number of anilines is 1. The van der Waals surface area contributed by atoms with Gasteiger partial charge in [-0.1, -0.05) is 41.9 Å². The number of rotatable bonds is 4. The summed E-state index contributed by atoms with van der Waals surface area (Å²) in [5, 5.41) is 10.9. The second-order valence-corrected chi connectivity index (χ2v) is 8.54. The zero-order valence-electron chi connectivity index (χ0n) is 15.3. The smallest absolute Gasteiger partial charge is 0.261 e. The van der Waals surface area contributed by atoms with Crippen LogP contribution in [0.5, 0.6) is 0 Å². The lowest BCUT2D eigenvalue weighted by Crippen LogP contribution is -2.12. The van der Waals surface area contributed by atoms with Crippen LogP contribution in [-0.2, 0) is 10.0 Å². The van der Waals surface area contributed by atoms with Crippen molar-refractivity contribution in [2.45, 2.75) is 4.90 Å². The Labute approximate surface area is 177 Å². The number of hydrogen-bond donors (Lipinski definition) is 1. The first-order chi connectivity index (χ1) is 14.4. The molecular formula is C22H13ClFN3O2S. The Morgan fingerprint density at radius 2 is 1.73 bits per heavy atom. The van der Waals surface area contributed by atoms with Crippen LogP contribution in [0.2, 0.25) is 5.02 Å². The van der Waals surface area contributed by atoms with Gasteiger partial charge in [-0.05, 0) is 53.2 Å². The third kappa shape index (κ3) is 3.83. The average Bonchev–Trinajstić information content (AvgIpc) is 2.74. The molecule has 3 aromatic carbocycles. The zero-order valence-corrected chi connectivity index (χ0v) is 16.9. The van der Waals surface area contributed by atoms with Crippen LogP contribution < -0.4 is 4.72 Å². The Morgan fingerprint density at radius 3 is 2.47 bits per heavy atom. The number of nitrogens with zero attached hydrogens (tertiary/aromatic N) is 2. The lowest BCUT2D eigenvalue weighted by molar-refractivity contribution is 0.601. The van der Waals surface area contributed by atoms with Crippen molar-refractivity contribution in [2.24, 2.45) is 0 Å². The maximum absolute atomic E-state index is 13.5. The summed E-state index contributed by atoms with van der Waals surface area (Å²) in [5.41, 5.74) is 0.674. The van der Waals surface area contributed by atoms with Gasteiger partial charge in [-0.25, -0.2) is 17.8 Å². The third-order valence-electron chi connectivity index (χ3n) is 4.48. The van der Waals surface area contributed by atoms with Crippen LogP contribution in [0.4, 0.5) is 10.1 Å². The maximum atomic E-state index is 13.5. The Bertz CT molecular complexity index is 1430. The van der Waals surface area contributed by atoms with Gasteiger partial charge in [0.05, 0.1) is 21.3 Å². The highest BCUT2D eigenvalue weighted by Gasteiger charge is 2.16. The van der Waals surface area contributed by atoms with Crippen LogP contribution in [0.15, 0.2) is 77.7 Å². The summed E-state index contributed by atoms with van der Waals surface area (Å²) in [6, 6.07) is 21.1. The number of sulfonamides is 1. The fourth-order valence-electron chi connectivity index (χ4n) is 3.01. The van der Waals surface area contributed by atoms with Crippen molar-refractivity contribution < 1.29 is 12.8 Å². The van der Waals surface area contributed by atoms with E-state index in [1.807, 2.05) is 24.3 Å². The summed E-state index contributed by atoms with van der Waals surface area (Å²) in [7, 11) is -3.83. The van der Waals surface area contributed by atoms with Crippen molar-refractivity contribution in [2.75, 3.05) is 4.72 Å². The molecule has 0 aliphatic carbocycles. The van der Waals surface area contributed by atoms with Crippen molar-refractivity contribution in [1.82, 2.24) is 4.98 Å². The van der Waals surface area contributed by atoms with Gasteiger partial charge in [0.25, 0.3) is 10.0 Å². The minimum Gasteiger partial charge on any atom is -0.280 e. The summed E-state index contributed by atoms with van der Waals surface area (Å²) in [5.74, 6) is -0.725. The van der Waals surface area contributed by atoms with Gasteiger partial charge >= 0.3 is 0 Å². The van der Waals surface area contributed by atoms with Gasteiger partial charge in [0, 0.05) is 5.56 Å². The van der Waals surface area contributed by atoms with E-state index in [1.54, 1.807) is 24.3 Å². The van der Waals surface area contributed by atoms with E-state index in [9.17, 15) is 12.8 Å². The van der Waals surface area contributed by atoms with E-state index in [0.29, 0.717) is 11.3 Å². The minimum absolute atomic E-state index is 0.125. The number of benzene rings is 3. The molecule has 0 saturated carbocycles. The SMILES string of the molecule is N#Cc1nc(-c2ccc(NS(=O)(=O)c3ccc4ccccc4c3)cc2Cl)ccc1F. The lowest BCUT2D eigenvalue weighted by atomic mass is 10.1. The minimum atomic E-state index is -3.83. The number of hydrogen-bond acceptors (Lipinski definition) is 4. The second kappa shape index (κ2) is 7.75. The Balaban J connectivity index is 1.65. The van der Waals surface area contributed by atoms with Crippen molar-refractivity contribution >= 4 is 38.1 Å². The van der Waals surface area contributed by atoms with Crippen LogP contribution in [0.25, 0.3) is 22.0 Å². The summed E-state index contributed by atoms with van der Waals surface area (Å²) in [6.45, 7) is 0. The summed E-state index contributed by atoms with van der Waals surface area (Å²) in [6.07, 6.45) is 0. The Morgan fingerprint density at radius 1 is 0.967 bits per heavy atom. The van der Waals surface area contributed by atoms with Crippen LogP contribution in [0.1, 0.15) is 5.69 Å². The predicted octanol–water partition coefficient (Wildman–Crippen LogP) is 5.37. The highest BCUT2D eigenvalue weighted by Crippen LogP contribution is 2.31. The number of fused-ring (bicyclic) bond motifs is 1. The van der Waals surface area contributed by atoms with Gasteiger partial charge in [0.1, 0.15) is 6.07 Å². The molecule has 0 bridgehead atoms. The molecule has 0 saturated heterocycles. The molecule has 0 spiro atoms. The molecule has 0 atom stereocenters.